The summed E-state index contributed by atoms with van der Waals surface area (Å²) in [5.74, 6) is -0.458. The lowest BCUT2D eigenvalue weighted by Gasteiger charge is -2.00. The van der Waals surface area contributed by atoms with Gasteiger partial charge < -0.3 is 0 Å². The molecule has 2 aromatic heterocycles. The van der Waals surface area contributed by atoms with Gasteiger partial charge in [0.15, 0.2) is 5.78 Å². The molecular formula is C22H17FN4O. The Labute approximate surface area is 161 Å². The SMILES string of the molecule is Cn1cc(C(=O)C=Cc2cn(-c3ccccc3)nc2-c2ccc(F)cc2)cn1. The van der Waals surface area contributed by atoms with Crippen LogP contribution in [0.5, 0.6) is 0 Å². The number of benzene rings is 2. The van der Waals surface area contributed by atoms with E-state index in [1.165, 1.54) is 24.4 Å². The van der Waals surface area contributed by atoms with Crippen LogP contribution in [0.3, 0.4) is 0 Å². The Morgan fingerprint density at radius 1 is 1.04 bits per heavy atom. The van der Waals surface area contributed by atoms with E-state index in [-0.39, 0.29) is 11.6 Å². The number of hydrogen-bond acceptors (Lipinski definition) is 3. The van der Waals surface area contributed by atoms with Crippen molar-refractivity contribution in [1.29, 1.82) is 0 Å². The van der Waals surface area contributed by atoms with Gasteiger partial charge in [-0.1, -0.05) is 18.2 Å². The highest BCUT2D eigenvalue weighted by Gasteiger charge is 2.12. The van der Waals surface area contributed by atoms with Gasteiger partial charge >= 0.3 is 0 Å². The summed E-state index contributed by atoms with van der Waals surface area (Å²) in [5.41, 5.74) is 3.60. The van der Waals surface area contributed by atoms with Crippen LogP contribution in [-0.2, 0) is 7.05 Å². The molecule has 0 N–H and O–H groups in total. The number of allylic oxidation sites excluding steroid dienone is 1. The third kappa shape index (κ3) is 3.66. The zero-order valence-electron chi connectivity index (χ0n) is 15.2. The molecule has 28 heavy (non-hydrogen) atoms. The monoisotopic (exact) mass is 372 g/mol. The second-order valence-corrected chi connectivity index (χ2v) is 6.32. The van der Waals surface area contributed by atoms with Gasteiger partial charge in [0, 0.05) is 30.6 Å². The fraction of sp³-hybridized carbons (Fsp3) is 0.0455. The third-order valence-electron chi connectivity index (χ3n) is 4.28. The minimum atomic E-state index is -0.310. The van der Waals surface area contributed by atoms with Crippen LogP contribution < -0.4 is 0 Å². The molecule has 4 aromatic rings. The first kappa shape index (κ1) is 17.6. The molecule has 0 saturated heterocycles. The number of rotatable bonds is 5. The van der Waals surface area contributed by atoms with E-state index in [4.69, 9.17) is 0 Å². The lowest BCUT2D eigenvalue weighted by atomic mass is 10.1. The van der Waals surface area contributed by atoms with E-state index in [1.54, 1.807) is 40.8 Å². The molecule has 0 unspecified atom stereocenters. The topological polar surface area (TPSA) is 52.7 Å². The summed E-state index contributed by atoms with van der Waals surface area (Å²) in [4.78, 5) is 12.4. The molecule has 0 atom stereocenters. The van der Waals surface area contributed by atoms with Crippen molar-refractivity contribution in [2.45, 2.75) is 0 Å². The lowest BCUT2D eigenvalue weighted by molar-refractivity contribution is 0.104. The smallest absolute Gasteiger partial charge is 0.189 e. The van der Waals surface area contributed by atoms with Crippen LogP contribution >= 0.6 is 0 Å². The number of carbonyl (C=O) groups excluding carboxylic acids is 1. The van der Waals surface area contributed by atoms with E-state index in [9.17, 15) is 9.18 Å². The Hall–Kier alpha value is -3.80. The maximum absolute atomic E-state index is 13.3. The van der Waals surface area contributed by atoms with E-state index in [1.807, 2.05) is 36.5 Å². The third-order valence-corrected chi connectivity index (χ3v) is 4.28. The van der Waals surface area contributed by atoms with E-state index < -0.39 is 0 Å². The highest BCUT2D eigenvalue weighted by molar-refractivity contribution is 6.06. The molecule has 0 bridgehead atoms. The molecule has 0 amide bonds. The summed E-state index contributed by atoms with van der Waals surface area (Å²) < 4.78 is 16.6. The van der Waals surface area contributed by atoms with Gasteiger partial charge in [-0.15, -0.1) is 0 Å². The van der Waals surface area contributed by atoms with Gasteiger partial charge in [-0.3, -0.25) is 9.48 Å². The molecule has 2 heterocycles. The van der Waals surface area contributed by atoms with Crippen molar-refractivity contribution in [3.05, 3.63) is 96.2 Å². The summed E-state index contributed by atoms with van der Waals surface area (Å²) in [7, 11) is 1.76. The number of halogens is 1. The zero-order valence-corrected chi connectivity index (χ0v) is 15.2. The summed E-state index contributed by atoms with van der Waals surface area (Å²) in [5, 5.41) is 8.67. The Kier molecular flexibility index (Phi) is 4.68. The fourth-order valence-corrected chi connectivity index (χ4v) is 2.86. The summed E-state index contributed by atoms with van der Waals surface area (Å²) in [6, 6.07) is 15.8. The van der Waals surface area contributed by atoms with Crippen molar-refractivity contribution < 1.29 is 9.18 Å². The molecular weight excluding hydrogens is 355 g/mol. The Morgan fingerprint density at radius 2 is 1.79 bits per heavy atom. The number of carbonyl (C=O) groups is 1. The van der Waals surface area contributed by atoms with Crippen molar-refractivity contribution in [1.82, 2.24) is 19.6 Å². The predicted molar refractivity (Wildman–Crippen MR) is 106 cm³/mol. The minimum absolute atomic E-state index is 0.148. The summed E-state index contributed by atoms with van der Waals surface area (Å²) in [6.07, 6.45) is 8.26. The van der Waals surface area contributed by atoms with Crippen LogP contribution in [0, 0.1) is 5.82 Å². The van der Waals surface area contributed by atoms with Gasteiger partial charge in [-0.2, -0.15) is 10.2 Å². The van der Waals surface area contributed by atoms with Crippen molar-refractivity contribution >= 4 is 11.9 Å². The second kappa shape index (κ2) is 7.44. The first-order valence-corrected chi connectivity index (χ1v) is 8.72. The standard InChI is InChI=1S/C22H17FN4O/c1-26-14-18(13-24-26)21(28)12-9-17-15-27(20-5-3-2-4-6-20)25-22(17)16-7-10-19(23)11-8-16/h2-15H,1H3. The highest BCUT2D eigenvalue weighted by Crippen LogP contribution is 2.25. The van der Waals surface area contributed by atoms with Crippen molar-refractivity contribution in [3.8, 4) is 16.9 Å². The molecule has 0 radical (unpaired) electrons. The van der Waals surface area contributed by atoms with Crippen LogP contribution in [0.4, 0.5) is 4.39 Å². The fourth-order valence-electron chi connectivity index (χ4n) is 2.86. The first-order chi connectivity index (χ1) is 13.6. The Bertz CT molecular complexity index is 1140. The number of ketones is 1. The summed E-state index contributed by atoms with van der Waals surface area (Å²) in [6.45, 7) is 0. The number of hydrogen-bond donors (Lipinski definition) is 0. The van der Waals surface area contributed by atoms with Gasteiger partial charge in [-0.05, 0) is 48.6 Å². The molecule has 2 aromatic carbocycles. The van der Waals surface area contributed by atoms with Gasteiger partial charge in [0.05, 0.1) is 23.1 Å². The summed E-state index contributed by atoms with van der Waals surface area (Å²) >= 11 is 0. The highest BCUT2D eigenvalue weighted by atomic mass is 19.1. The van der Waals surface area contributed by atoms with Crippen LogP contribution in [0.2, 0.25) is 0 Å². The van der Waals surface area contributed by atoms with E-state index in [2.05, 4.69) is 10.2 Å². The predicted octanol–water partition coefficient (Wildman–Crippen LogP) is 4.31. The van der Waals surface area contributed by atoms with Crippen LogP contribution in [-0.4, -0.2) is 25.3 Å². The van der Waals surface area contributed by atoms with Gasteiger partial charge in [0.2, 0.25) is 0 Å². The molecule has 0 aliphatic heterocycles. The normalized spacial score (nSPS) is 11.2. The van der Waals surface area contributed by atoms with Crippen molar-refractivity contribution in [2.24, 2.45) is 7.05 Å². The molecule has 0 aliphatic rings. The van der Waals surface area contributed by atoms with Gasteiger partial charge in [0.25, 0.3) is 0 Å². The Morgan fingerprint density at radius 3 is 2.46 bits per heavy atom. The second-order valence-electron chi connectivity index (χ2n) is 6.32. The van der Waals surface area contributed by atoms with E-state index in [0.29, 0.717) is 11.3 Å². The minimum Gasteiger partial charge on any atom is -0.289 e. The van der Waals surface area contributed by atoms with Crippen molar-refractivity contribution in [3.63, 3.8) is 0 Å². The molecule has 5 nitrogen and oxygen atoms in total. The molecule has 0 saturated carbocycles. The van der Waals surface area contributed by atoms with Crippen molar-refractivity contribution in [2.75, 3.05) is 0 Å². The maximum atomic E-state index is 13.3. The first-order valence-electron chi connectivity index (χ1n) is 8.72. The number of aryl methyl sites for hydroxylation is 1. The molecule has 138 valence electrons. The quantitative estimate of drug-likeness (QED) is 0.387. The average Bonchev–Trinajstić information content (AvgIpc) is 3.34. The van der Waals surface area contributed by atoms with Crippen LogP contribution in [0.15, 0.2) is 79.3 Å². The molecule has 4 rings (SSSR count). The molecule has 6 heteroatoms. The number of nitrogens with zero attached hydrogens (tertiary/aromatic N) is 4. The zero-order chi connectivity index (χ0) is 19.5. The maximum Gasteiger partial charge on any atom is 0.189 e. The molecule has 0 fully saturated rings. The van der Waals surface area contributed by atoms with E-state index >= 15 is 0 Å². The van der Waals surface area contributed by atoms with Gasteiger partial charge in [0.1, 0.15) is 5.82 Å². The molecule has 0 aliphatic carbocycles. The molecule has 0 spiro atoms. The van der Waals surface area contributed by atoms with Gasteiger partial charge in [-0.25, -0.2) is 9.07 Å². The Balaban J connectivity index is 1.74. The lowest BCUT2D eigenvalue weighted by Crippen LogP contribution is -1.94. The van der Waals surface area contributed by atoms with E-state index in [0.717, 1.165) is 16.8 Å². The van der Waals surface area contributed by atoms with Crippen LogP contribution in [0.1, 0.15) is 15.9 Å². The average molecular weight is 372 g/mol. The number of para-hydroxylation sites is 1. The number of aromatic nitrogens is 4. The van der Waals surface area contributed by atoms with Crippen LogP contribution in [0.25, 0.3) is 23.0 Å². The largest absolute Gasteiger partial charge is 0.289 e.